The van der Waals surface area contributed by atoms with Crippen molar-refractivity contribution in [2.24, 2.45) is 0 Å². The van der Waals surface area contributed by atoms with Gasteiger partial charge in [0, 0.05) is 35.7 Å². The average Bonchev–Trinajstić information content (AvgIpc) is 3.34. The lowest BCUT2D eigenvalue weighted by molar-refractivity contribution is -0.127. The highest BCUT2D eigenvalue weighted by Gasteiger charge is 2.28. The Hall–Kier alpha value is -4.04. The number of nitrogen functional groups attached to an aromatic ring is 1. The quantitative estimate of drug-likeness (QED) is 0.261. The maximum absolute atomic E-state index is 12.8. The Balaban J connectivity index is 1.39. The Morgan fingerprint density at radius 2 is 1.97 bits per heavy atom. The molecule has 0 spiro atoms. The largest absolute Gasteiger partial charge is 0.383 e. The molecule has 5 rings (SSSR count). The molecule has 0 aliphatic carbocycles. The van der Waals surface area contributed by atoms with Crippen molar-refractivity contribution in [2.75, 3.05) is 18.8 Å². The number of fused-ring (bicyclic) bond motifs is 1. The summed E-state index contributed by atoms with van der Waals surface area (Å²) in [7, 11) is 0. The molecule has 0 radical (unpaired) electrons. The normalized spacial score (nSPS) is 15.5. The molecule has 1 aliphatic heterocycles. The summed E-state index contributed by atoms with van der Waals surface area (Å²) in [4.78, 5) is 35.5. The van der Waals surface area contributed by atoms with E-state index >= 15 is 0 Å². The number of benzene rings is 2. The van der Waals surface area contributed by atoms with E-state index in [-0.39, 0.29) is 17.7 Å². The van der Waals surface area contributed by atoms with E-state index in [1.807, 2.05) is 41.9 Å². The second kappa shape index (κ2) is 10.8. The Bertz CT molecular complexity index is 1530. The van der Waals surface area contributed by atoms with E-state index in [4.69, 9.17) is 22.4 Å². The second-order valence-electron chi connectivity index (χ2n) is 9.57. The van der Waals surface area contributed by atoms with E-state index in [0.717, 1.165) is 29.5 Å². The summed E-state index contributed by atoms with van der Waals surface area (Å²) >= 11 is 6.18. The van der Waals surface area contributed by atoms with Gasteiger partial charge in [-0.2, -0.15) is 5.10 Å². The Morgan fingerprint density at radius 3 is 2.74 bits per heavy atom. The molecule has 4 aromatic rings. The zero-order valence-corrected chi connectivity index (χ0v) is 22.0. The van der Waals surface area contributed by atoms with Crippen LogP contribution in [0.3, 0.4) is 0 Å². The zero-order valence-electron chi connectivity index (χ0n) is 21.2. The first-order valence-corrected chi connectivity index (χ1v) is 13.0. The van der Waals surface area contributed by atoms with Crippen molar-refractivity contribution in [3.05, 3.63) is 83.2 Å². The number of hydrogen-bond acceptors (Lipinski definition) is 6. The number of carbonyl (C=O) groups excluding carboxylic acids is 2. The fraction of sp³-hybridized carbons (Fsp3) is 0.276. The molecule has 9 heteroatoms. The van der Waals surface area contributed by atoms with Gasteiger partial charge < -0.3 is 10.6 Å². The molecule has 2 N–H and O–H groups in total. The van der Waals surface area contributed by atoms with Crippen LogP contribution in [0.5, 0.6) is 0 Å². The van der Waals surface area contributed by atoms with E-state index in [1.54, 1.807) is 17.0 Å². The van der Waals surface area contributed by atoms with Crippen molar-refractivity contribution in [1.29, 1.82) is 0 Å². The van der Waals surface area contributed by atoms with Gasteiger partial charge in [-0.15, -0.1) is 0 Å². The van der Waals surface area contributed by atoms with Gasteiger partial charge in [-0.05, 0) is 49.5 Å². The van der Waals surface area contributed by atoms with Gasteiger partial charge in [0.1, 0.15) is 17.8 Å². The third-order valence-corrected chi connectivity index (χ3v) is 7.59. The number of aromatic nitrogens is 4. The Labute approximate surface area is 226 Å². The van der Waals surface area contributed by atoms with Gasteiger partial charge in [0.15, 0.2) is 11.4 Å². The molecular weight excluding hydrogens is 500 g/mol. The summed E-state index contributed by atoms with van der Waals surface area (Å²) in [5.74, 6) is 0.345. The molecule has 8 nitrogen and oxygen atoms in total. The van der Waals surface area contributed by atoms with Gasteiger partial charge >= 0.3 is 0 Å². The lowest BCUT2D eigenvalue weighted by Crippen LogP contribution is -2.40. The van der Waals surface area contributed by atoms with Gasteiger partial charge in [0.2, 0.25) is 5.91 Å². The van der Waals surface area contributed by atoms with Gasteiger partial charge in [-0.1, -0.05) is 54.6 Å². The van der Waals surface area contributed by atoms with Crippen LogP contribution in [-0.2, 0) is 11.2 Å². The minimum atomic E-state index is -0.0832. The fourth-order valence-corrected chi connectivity index (χ4v) is 5.24. The van der Waals surface area contributed by atoms with E-state index in [2.05, 4.69) is 16.5 Å². The number of halogens is 1. The van der Waals surface area contributed by atoms with Crippen molar-refractivity contribution in [2.45, 2.75) is 38.6 Å². The first-order valence-electron chi connectivity index (χ1n) is 12.6. The van der Waals surface area contributed by atoms with Gasteiger partial charge in [-0.3, -0.25) is 9.59 Å². The molecule has 3 heterocycles. The first-order chi connectivity index (χ1) is 18.4. The van der Waals surface area contributed by atoms with E-state index < -0.39 is 0 Å². The van der Waals surface area contributed by atoms with E-state index in [0.29, 0.717) is 59.1 Å². The predicted molar refractivity (Wildman–Crippen MR) is 149 cm³/mol. The number of nitrogens with zero attached hydrogens (tertiary/aromatic N) is 5. The summed E-state index contributed by atoms with van der Waals surface area (Å²) in [6.45, 7) is 6.71. The number of nitrogens with two attached hydrogens (primary N) is 1. The van der Waals surface area contributed by atoms with Crippen molar-refractivity contribution in [3.63, 3.8) is 0 Å². The van der Waals surface area contributed by atoms with Crippen LogP contribution in [0.2, 0.25) is 5.02 Å². The zero-order chi connectivity index (χ0) is 26.8. The number of piperidine rings is 1. The average molecular weight is 529 g/mol. The number of amides is 1. The monoisotopic (exact) mass is 528 g/mol. The number of rotatable bonds is 7. The highest BCUT2D eigenvalue weighted by molar-refractivity contribution is 6.31. The van der Waals surface area contributed by atoms with Crippen molar-refractivity contribution >= 4 is 40.1 Å². The highest BCUT2D eigenvalue weighted by Crippen LogP contribution is 2.34. The number of aryl methyl sites for hydroxylation is 1. The van der Waals surface area contributed by atoms with Gasteiger partial charge in [0.05, 0.1) is 11.4 Å². The second-order valence-corrected chi connectivity index (χ2v) is 9.97. The van der Waals surface area contributed by atoms with Crippen LogP contribution in [0, 0.1) is 6.92 Å². The number of hydrogen-bond donors (Lipinski definition) is 1. The molecule has 1 saturated heterocycles. The third kappa shape index (κ3) is 4.91. The molecular formula is C29H29ClN6O2. The number of anilines is 1. The maximum atomic E-state index is 12.8. The number of likely N-dealkylation sites (tertiary alicyclic amines) is 1. The number of ketones is 1. The van der Waals surface area contributed by atoms with Crippen LogP contribution in [0.4, 0.5) is 5.82 Å². The minimum absolute atomic E-state index is 0.0292. The number of carbonyl (C=O) groups is 2. The van der Waals surface area contributed by atoms with Crippen molar-refractivity contribution in [3.8, 4) is 11.3 Å². The van der Waals surface area contributed by atoms with Crippen LogP contribution in [0.1, 0.15) is 46.8 Å². The number of Topliss-reactive ketones (excluding diaryl/α,β-unsaturated/α-hetero) is 1. The molecule has 2 aromatic heterocycles. The summed E-state index contributed by atoms with van der Waals surface area (Å²) in [6.07, 6.45) is 5.53. The maximum Gasteiger partial charge on any atom is 0.246 e. The highest BCUT2D eigenvalue weighted by atomic mass is 35.5. The SMILES string of the molecule is C=CC(=O)N1CCC[C@@H](n2nc(-c3ccc(CCC(=O)c4cccc(Cl)c4C)cc3)c3c(N)ncnc32)C1. The van der Waals surface area contributed by atoms with Crippen LogP contribution in [-0.4, -0.2) is 49.4 Å². The summed E-state index contributed by atoms with van der Waals surface area (Å²) < 4.78 is 1.88. The summed E-state index contributed by atoms with van der Waals surface area (Å²) in [5, 5.41) is 6.22. The molecule has 38 heavy (non-hydrogen) atoms. The smallest absolute Gasteiger partial charge is 0.246 e. The molecule has 1 fully saturated rings. The lowest BCUT2D eigenvalue weighted by atomic mass is 9.98. The Kier molecular flexibility index (Phi) is 7.24. The Morgan fingerprint density at radius 1 is 1.18 bits per heavy atom. The van der Waals surface area contributed by atoms with Crippen LogP contribution in [0.15, 0.2) is 61.4 Å². The van der Waals surface area contributed by atoms with E-state index in [9.17, 15) is 9.59 Å². The van der Waals surface area contributed by atoms with Crippen LogP contribution < -0.4 is 5.73 Å². The topological polar surface area (TPSA) is 107 Å². The fourth-order valence-electron chi connectivity index (χ4n) is 5.07. The molecule has 194 valence electrons. The van der Waals surface area contributed by atoms with Gasteiger partial charge in [-0.25, -0.2) is 14.6 Å². The standard InChI is InChI=1S/C29H29ClN6O2/c1-3-25(38)35-15-5-6-21(16-35)36-29-26(28(31)32-17-33-29)27(34-36)20-12-9-19(10-13-20)11-14-24(37)22-7-4-8-23(30)18(22)2/h3-4,7-10,12-13,17,21H,1,5-6,11,14-16H2,2H3,(H2,31,32,33)/t21-/m1/s1. The summed E-state index contributed by atoms with van der Waals surface area (Å²) in [6, 6.07) is 13.4. The lowest BCUT2D eigenvalue weighted by Gasteiger charge is -2.32. The van der Waals surface area contributed by atoms with E-state index in [1.165, 1.54) is 12.4 Å². The van der Waals surface area contributed by atoms with Crippen LogP contribution in [0.25, 0.3) is 22.3 Å². The first kappa shape index (κ1) is 25.6. The van der Waals surface area contributed by atoms with Gasteiger partial charge in [0.25, 0.3) is 0 Å². The molecule has 0 saturated carbocycles. The molecule has 1 aliphatic rings. The molecule has 2 aromatic carbocycles. The van der Waals surface area contributed by atoms with Crippen LogP contribution >= 0.6 is 11.6 Å². The van der Waals surface area contributed by atoms with Crippen molar-refractivity contribution in [1.82, 2.24) is 24.6 Å². The summed E-state index contributed by atoms with van der Waals surface area (Å²) in [5.41, 5.74) is 11.0. The molecule has 0 unspecified atom stereocenters. The minimum Gasteiger partial charge on any atom is -0.383 e. The van der Waals surface area contributed by atoms with Crippen molar-refractivity contribution < 1.29 is 9.59 Å². The third-order valence-electron chi connectivity index (χ3n) is 7.18. The molecule has 1 amide bonds. The molecule has 0 bridgehead atoms. The predicted octanol–water partition coefficient (Wildman–Crippen LogP) is 5.20. The molecule has 1 atom stereocenters.